The van der Waals surface area contributed by atoms with Crippen molar-refractivity contribution in [1.29, 1.82) is 0 Å². The number of amides is 1. The zero-order valence-corrected chi connectivity index (χ0v) is 15.4. The SMILES string of the molecule is Cc1ccccc1-c1cc(C(=O)N2CCCC(C)C2)c2ccccc2n1. The third-order valence-corrected chi connectivity index (χ3v) is 5.31. The maximum atomic E-state index is 13.3. The third kappa shape index (κ3) is 3.10. The number of carbonyl (C=O) groups is 1. The van der Waals surface area contributed by atoms with Crippen molar-refractivity contribution in [3.63, 3.8) is 0 Å². The van der Waals surface area contributed by atoms with E-state index in [-0.39, 0.29) is 5.91 Å². The zero-order chi connectivity index (χ0) is 18.1. The van der Waals surface area contributed by atoms with E-state index in [0.717, 1.165) is 47.2 Å². The van der Waals surface area contributed by atoms with Crippen molar-refractivity contribution in [2.24, 2.45) is 5.92 Å². The van der Waals surface area contributed by atoms with Crippen LogP contribution in [0, 0.1) is 12.8 Å². The Kier molecular flexibility index (Phi) is 4.46. The van der Waals surface area contributed by atoms with E-state index in [0.29, 0.717) is 5.92 Å². The maximum absolute atomic E-state index is 13.3. The van der Waals surface area contributed by atoms with Gasteiger partial charge in [-0.05, 0) is 43.4 Å². The molecule has 1 aliphatic rings. The molecule has 0 spiro atoms. The summed E-state index contributed by atoms with van der Waals surface area (Å²) in [6.45, 7) is 6.00. The Hall–Kier alpha value is -2.68. The van der Waals surface area contributed by atoms with Gasteiger partial charge in [0.15, 0.2) is 0 Å². The summed E-state index contributed by atoms with van der Waals surface area (Å²) >= 11 is 0. The lowest BCUT2D eigenvalue weighted by Crippen LogP contribution is -2.39. The van der Waals surface area contributed by atoms with Crippen LogP contribution in [0.1, 0.15) is 35.7 Å². The standard InChI is InChI=1S/C23H24N2O/c1-16-8-7-13-25(15-16)23(26)20-14-22(18-10-4-3-9-17(18)2)24-21-12-6-5-11-19(20)21/h3-6,9-12,14,16H,7-8,13,15H2,1-2H3. The molecule has 0 bridgehead atoms. The van der Waals surface area contributed by atoms with E-state index >= 15 is 0 Å². The second-order valence-corrected chi connectivity index (χ2v) is 7.39. The number of pyridine rings is 1. The molecule has 3 heteroatoms. The Morgan fingerprint density at radius 2 is 1.88 bits per heavy atom. The number of piperidine rings is 1. The quantitative estimate of drug-likeness (QED) is 0.649. The van der Waals surface area contributed by atoms with Crippen LogP contribution < -0.4 is 0 Å². The largest absolute Gasteiger partial charge is 0.338 e. The molecule has 0 aliphatic carbocycles. The number of likely N-dealkylation sites (tertiary alicyclic amines) is 1. The molecule has 0 radical (unpaired) electrons. The summed E-state index contributed by atoms with van der Waals surface area (Å²) in [7, 11) is 0. The normalized spacial score (nSPS) is 17.5. The summed E-state index contributed by atoms with van der Waals surface area (Å²) in [5, 5.41) is 0.938. The molecule has 1 amide bonds. The molecule has 1 saturated heterocycles. The van der Waals surface area contributed by atoms with Gasteiger partial charge in [-0.25, -0.2) is 4.98 Å². The Balaban J connectivity index is 1.85. The molecule has 2 heterocycles. The minimum Gasteiger partial charge on any atom is -0.338 e. The topological polar surface area (TPSA) is 33.2 Å². The number of aryl methyl sites for hydroxylation is 1. The van der Waals surface area contributed by atoms with Gasteiger partial charge in [-0.3, -0.25) is 4.79 Å². The first-order chi connectivity index (χ1) is 12.6. The summed E-state index contributed by atoms with van der Waals surface area (Å²) in [5.41, 5.74) is 4.76. The summed E-state index contributed by atoms with van der Waals surface area (Å²) in [6.07, 6.45) is 2.29. The van der Waals surface area contributed by atoms with Crippen LogP contribution in [0.4, 0.5) is 0 Å². The highest BCUT2D eigenvalue weighted by atomic mass is 16.2. The third-order valence-electron chi connectivity index (χ3n) is 5.31. The van der Waals surface area contributed by atoms with Crippen LogP contribution in [0.5, 0.6) is 0 Å². The zero-order valence-electron chi connectivity index (χ0n) is 15.4. The lowest BCUT2D eigenvalue weighted by Gasteiger charge is -2.31. The molecule has 1 aliphatic heterocycles. The Morgan fingerprint density at radius 1 is 1.12 bits per heavy atom. The molecular weight excluding hydrogens is 320 g/mol. The molecular formula is C23H24N2O. The van der Waals surface area contributed by atoms with Crippen LogP contribution in [0.15, 0.2) is 54.6 Å². The van der Waals surface area contributed by atoms with Crippen molar-refractivity contribution in [3.05, 3.63) is 65.7 Å². The van der Waals surface area contributed by atoms with Crippen LogP contribution >= 0.6 is 0 Å². The molecule has 26 heavy (non-hydrogen) atoms. The van der Waals surface area contributed by atoms with Crippen LogP contribution in [-0.2, 0) is 0 Å². The van der Waals surface area contributed by atoms with E-state index in [9.17, 15) is 4.79 Å². The summed E-state index contributed by atoms with van der Waals surface area (Å²) < 4.78 is 0. The molecule has 0 saturated carbocycles. The van der Waals surface area contributed by atoms with Crippen molar-refractivity contribution < 1.29 is 4.79 Å². The predicted molar refractivity (Wildman–Crippen MR) is 106 cm³/mol. The fourth-order valence-corrected chi connectivity index (χ4v) is 3.89. The van der Waals surface area contributed by atoms with Gasteiger partial charge in [0.05, 0.1) is 16.8 Å². The second kappa shape index (κ2) is 6.91. The van der Waals surface area contributed by atoms with Gasteiger partial charge in [0.25, 0.3) is 5.91 Å². The number of nitrogens with zero attached hydrogens (tertiary/aromatic N) is 2. The summed E-state index contributed by atoms with van der Waals surface area (Å²) in [6, 6.07) is 18.1. The first kappa shape index (κ1) is 16.8. The Morgan fingerprint density at radius 3 is 2.69 bits per heavy atom. The number of benzene rings is 2. The van der Waals surface area contributed by atoms with Gasteiger partial charge in [0.1, 0.15) is 0 Å². The molecule has 132 valence electrons. The fraction of sp³-hybridized carbons (Fsp3) is 0.304. The van der Waals surface area contributed by atoms with Crippen LogP contribution in [0.2, 0.25) is 0 Å². The average Bonchev–Trinajstić information content (AvgIpc) is 2.67. The molecule has 3 aromatic rings. The smallest absolute Gasteiger partial charge is 0.254 e. The summed E-state index contributed by atoms with van der Waals surface area (Å²) in [5.74, 6) is 0.696. The van der Waals surface area contributed by atoms with E-state index < -0.39 is 0 Å². The van der Waals surface area contributed by atoms with Gasteiger partial charge in [0, 0.05) is 24.0 Å². The van der Waals surface area contributed by atoms with Crippen molar-refractivity contribution in [2.45, 2.75) is 26.7 Å². The van der Waals surface area contributed by atoms with Crippen molar-refractivity contribution in [2.75, 3.05) is 13.1 Å². The van der Waals surface area contributed by atoms with Gasteiger partial charge >= 0.3 is 0 Å². The van der Waals surface area contributed by atoms with Gasteiger partial charge < -0.3 is 4.90 Å². The van der Waals surface area contributed by atoms with Gasteiger partial charge in [-0.1, -0.05) is 49.4 Å². The minimum atomic E-state index is 0.130. The van der Waals surface area contributed by atoms with Gasteiger partial charge in [0.2, 0.25) is 0 Å². The highest BCUT2D eigenvalue weighted by Gasteiger charge is 2.24. The molecule has 1 unspecified atom stereocenters. The predicted octanol–water partition coefficient (Wildman–Crippen LogP) is 5.08. The first-order valence-electron chi connectivity index (χ1n) is 9.38. The molecule has 2 aromatic carbocycles. The highest BCUT2D eigenvalue weighted by molar-refractivity contribution is 6.07. The van der Waals surface area contributed by atoms with Crippen molar-refractivity contribution in [1.82, 2.24) is 9.88 Å². The number of hydrogen-bond acceptors (Lipinski definition) is 2. The number of para-hydroxylation sites is 1. The molecule has 1 aromatic heterocycles. The van der Waals surface area contributed by atoms with Gasteiger partial charge in [-0.2, -0.15) is 0 Å². The van der Waals surface area contributed by atoms with E-state index in [2.05, 4.69) is 26.0 Å². The number of fused-ring (bicyclic) bond motifs is 1. The minimum absolute atomic E-state index is 0.130. The average molecular weight is 344 g/mol. The van der Waals surface area contributed by atoms with Crippen LogP contribution in [-0.4, -0.2) is 28.9 Å². The second-order valence-electron chi connectivity index (χ2n) is 7.39. The van der Waals surface area contributed by atoms with E-state index in [1.165, 1.54) is 12.0 Å². The molecule has 3 nitrogen and oxygen atoms in total. The molecule has 1 atom stereocenters. The fourth-order valence-electron chi connectivity index (χ4n) is 3.89. The van der Waals surface area contributed by atoms with Crippen molar-refractivity contribution >= 4 is 16.8 Å². The number of carbonyl (C=O) groups excluding carboxylic acids is 1. The monoisotopic (exact) mass is 344 g/mol. The molecule has 4 rings (SSSR count). The molecule has 1 fully saturated rings. The summed E-state index contributed by atoms with van der Waals surface area (Å²) in [4.78, 5) is 20.2. The highest BCUT2D eigenvalue weighted by Crippen LogP contribution is 2.28. The van der Waals surface area contributed by atoms with Crippen molar-refractivity contribution in [3.8, 4) is 11.3 Å². The lowest BCUT2D eigenvalue weighted by molar-refractivity contribution is 0.0685. The number of rotatable bonds is 2. The first-order valence-corrected chi connectivity index (χ1v) is 9.38. The van der Waals surface area contributed by atoms with E-state index in [1.54, 1.807) is 0 Å². The number of aromatic nitrogens is 1. The lowest BCUT2D eigenvalue weighted by atomic mass is 9.97. The number of hydrogen-bond donors (Lipinski definition) is 0. The maximum Gasteiger partial charge on any atom is 0.254 e. The van der Waals surface area contributed by atoms with Gasteiger partial charge in [-0.15, -0.1) is 0 Å². The Labute approximate surface area is 154 Å². The van der Waals surface area contributed by atoms with E-state index in [1.807, 2.05) is 47.4 Å². The molecule has 0 N–H and O–H groups in total. The van der Waals surface area contributed by atoms with Crippen LogP contribution in [0.3, 0.4) is 0 Å². The van der Waals surface area contributed by atoms with E-state index in [4.69, 9.17) is 4.98 Å². The Bertz CT molecular complexity index is 963. The van der Waals surface area contributed by atoms with Crippen LogP contribution in [0.25, 0.3) is 22.2 Å².